The van der Waals surface area contributed by atoms with Crippen molar-refractivity contribution in [2.75, 3.05) is 5.32 Å². The minimum atomic E-state index is 0.400. The molecule has 3 aromatic rings. The molecule has 0 unspecified atom stereocenters. The van der Waals surface area contributed by atoms with E-state index >= 15 is 0 Å². The first-order valence-electron chi connectivity index (χ1n) is 6.29. The van der Waals surface area contributed by atoms with E-state index in [1.807, 2.05) is 36.4 Å². The lowest BCUT2D eigenvalue weighted by molar-refractivity contribution is 0.384. The minimum absolute atomic E-state index is 0.400. The Morgan fingerprint density at radius 1 is 1.05 bits per heavy atom. The molecule has 0 fully saturated rings. The van der Waals surface area contributed by atoms with Gasteiger partial charge in [-0.15, -0.1) is 0 Å². The molecule has 1 heterocycles. The Bertz CT molecular complexity index is 758. The van der Waals surface area contributed by atoms with E-state index in [2.05, 4.69) is 15.5 Å². The number of hydrogen-bond acceptors (Lipinski definition) is 4. The summed E-state index contributed by atoms with van der Waals surface area (Å²) in [4.78, 5) is 4.32. The van der Waals surface area contributed by atoms with Gasteiger partial charge in [-0.1, -0.05) is 52.6 Å². The SMILES string of the molecule is Clc1cccc(-c2noc(CNc3ccccc3Cl)n2)c1. The first-order chi connectivity index (χ1) is 10.2. The summed E-state index contributed by atoms with van der Waals surface area (Å²) in [5.41, 5.74) is 1.64. The van der Waals surface area contributed by atoms with Crippen LogP contribution in [0.3, 0.4) is 0 Å². The van der Waals surface area contributed by atoms with Crippen molar-refractivity contribution in [1.82, 2.24) is 10.1 Å². The molecule has 0 spiro atoms. The molecule has 21 heavy (non-hydrogen) atoms. The molecule has 0 atom stereocenters. The van der Waals surface area contributed by atoms with Gasteiger partial charge in [-0.25, -0.2) is 0 Å². The second-order valence-electron chi connectivity index (χ2n) is 4.36. The lowest BCUT2D eigenvalue weighted by Gasteiger charge is -2.04. The first-order valence-corrected chi connectivity index (χ1v) is 7.05. The van der Waals surface area contributed by atoms with Gasteiger partial charge in [0.2, 0.25) is 11.7 Å². The van der Waals surface area contributed by atoms with Crippen molar-refractivity contribution in [3.8, 4) is 11.4 Å². The number of anilines is 1. The van der Waals surface area contributed by atoms with Gasteiger partial charge in [0.25, 0.3) is 0 Å². The zero-order valence-corrected chi connectivity index (χ0v) is 12.4. The van der Waals surface area contributed by atoms with E-state index in [4.69, 9.17) is 27.7 Å². The van der Waals surface area contributed by atoms with Crippen LogP contribution >= 0.6 is 23.2 Å². The largest absolute Gasteiger partial charge is 0.375 e. The Morgan fingerprint density at radius 2 is 1.90 bits per heavy atom. The summed E-state index contributed by atoms with van der Waals surface area (Å²) in [6, 6.07) is 14.8. The minimum Gasteiger partial charge on any atom is -0.375 e. The van der Waals surface area contributed by atoms with Crippen LogP contribution < -0.4 is 5.32 Å². The van der Waals surface area contributed by atoms with Crippen LogP contribution in [0, 0.1) is 0 Å². The van der Waals surface area contributed by atoms with Gasteiger partial charge in [0.15, 0.2) is 0 Å². The van der Waals surface area contributed by atoms with Crippen LogP contribution in [0.15, 0.2) is 53.1 Å². The van der Waals surface area contributed by atoms with Crippen LogP contribution in [0.25, 0.3) is 11.4 Å². The van der Waals surface area contributed by atoms with Crippen LogP contribution in [0.2, 0.25) is 10.0 Å². The van der Waals surface area contributed by atoms with E-state index < -0.39 is 0 Å². The van der Waals surface area contributed by atoms with Crippen molar-refractivity contribution in [2.45, 2.75) is 6.54 Å². The molecular formula is C15H11Cl2N3O. The molecule has 0 aliphatic heterocycles. The van der Waals surface area contributed by atoms with Gasteiger partial charge in [-0.2, -0.15) is 4.98 Å². The van der Waals surface area contributed by atoms with Crippen molar-refractivity contribution < 1.29 is 4.52 Å². The number of nitrogens with zero attached hydrogens (tertiary/aromatic N) is 2. The van der Waals surface area contributed by atoms with E-state index in [-0.39, 0.29) is 0 Å². The molecule has 2 aromatic carbocycles. The maximum atomic E-state index is 6.07. The van der Waals surface area contributed by atoms with E-state index in [1.165, 1.54) is 0 Å². The number of para-hydroxylation sites is 1. The summed E-state index contributed by atoms with van der Waals surface area (Å²) in [6.07, 6.45) is 0. The van der Waals surface area contributed by atoms with Gasteiger partial charge in [-0.05, 0) is 24.3 Å². The normalized spacial score (nSPS) is 10.6. The van der Waals surface area contributed by atoms with Gasteiger partial charge in [-0.3, -0.25) is 0 Å². The molecule has 0 radical (unpaired) electrons. The molecule has 0 saturated heterocycles. The lowest BCUT2D eigenvalue weighted by Crippen LogP contribution is -2.00. The lowest BCUT2D eigenvalue weighted by atomic mass is 10.2. The summed E-state index contributed by atoms with van der Waals surface area (Å²) < 4.78 is 5.21. The first kappa shape index (κ1) is 13.9. The molecule has 0 saturated carbocycles. The molecule has 0 amide bonds. The monoisotopic (exact) mass is 319 g/mol. The molecule has 1 N–H and O–H groups in total. The van der Waals surface area contributed by atoms with Crippen molar-refractivity contribution in [1.29, 1.82) is 0 Å². The third-order valence-corrected chi connectivity index (χ3v) is 3.42. The Morgan fingerprint density at radius 3 is 2.71 bits per heavy atom. The quantitative estimate of drug-likeness (QED) is 0.760. The van der Waals surface area contributed by atoms with E-state index in [9.17, 15) is 0 Å². The second-order valence-corrected chi connectivity index (χ2v) is 5.20. The van der Waals surface area contributed by atoms with Gasteiger partial charge < -0.3 is 9.84 Å². The van der Waals surface area contributed by atoms with Gasteiger partial charge >= 0.3 is 0 Å². The highest BCUT2D eigenvalue weighted by Crippen LogP contribution is 2.22. The average molecular weight is 320 g/mol. The fourth-order valence-corrected chi connectivity index (χ4v) is 2.24. The van der Waals surface area contributed by atoms with Crippen LogP contribution in [-0.2, 0) is 6.54 Å². The van der Waals surface area contributed by atoms with E-state index in [0.717, 1.165) is 11.3 Å². The zero-order chi connectivity index (χ0) is 14.7. The number of nitrogens with one attached hydrogen (secondary N) is 1. The summed E-state index contributed by atoms with van der Waals surface area (Å²) in [5.74, 6) is 0.985. The van der Waals surface area contributed by atoms with Gasteiger partial charge in [0.05, 0.1) is 17.3 Å². The summed E-state index contributed by atoms with van der Waals surface area (Å²) in [5, 5.41) is 8.37. The molecule has 3 rings (SSSR count). The van der Waals surface area contributed by atoms with Crippen molar-refractivity contribution >= 4 is 28.9 Å². The fraction of sp³-hybridized carbons (Fsp3) is 0.0667. The summed E-state index contributed by atoms with van der Waals surface area (Å²) in [7, 11) is 0. The van der Waals surface area contributed by atoms with E-state index in [0.29, 0.717) is 28.3 Å². The highest BCUT2D eigenvalue weighted by molar-refractivity contribution is 6.33. The van der Waals surface area contributed by atoms with Crippen LogP contribution in [-0.4, -0.2) is 10.1 Å². The van der Waals surface area contributed by atoms with Crippen LogP contribution in [0.5, 0.6) is 0 Å². The van der Waals surface area contributed by atoms with E-state index in [1.54, 1.807) is 12.1 Å². The maximum Gasteiger partial charge on any atom is 0.246 e. The fourth-order valence-electron chi connectivity index (χ4n) is 1.85. The van der Waals surface area contributed by atoms with Crippen LogP contribution in [0.4, 0.5) is 5.69 Å². The molecule has 0 bridgehead atoms. The van der Waals surface area contributed by atoms with Crippen molar-refractivity contribution in [2.24, 2.45) is 0 Å². The standard InChI is InChI=1S/C15H11Cl2N3O/c16-11-5-3-4-10(8-11)15-19-14(21-20-15)9-18-13-7-2-1-6-12(13)17/h1-8,18H,9H2. The summed E-state index contributed by atoms with van der Waals surface area (Å²) in [6.45, 7) is 0.400. The van der Waals surface area contributed by atoms with Crippen molar-refractivity contribution in [3.05, 3.63) is 64.5 Å². The Balaban J connectivity index is 1.72. The third kappa shape index (κ3) is 3.35. The number of benzene rings is 2. The zero-order valence-electron chi connectivity index (χ0n) is 10.9. The summed E-state index contributed by atoms with van der Waals surface area (Å²) >= 11 is 12.0. The Kier molecular flexibility index (Phi) is 4.08. The molecular weight excluding hydrogens is 309 g/mol. The smallest absolute Gasteiger partial charge is 0.246 e. The Hall–Kier alpha value is -2.04. The van der Waals surface area contributed by atoms with Gasteiger partial charge in [0, 0.05) is 10.6 Å². The molecule has 4 nitrogen and oxygen atoms in total. The second kappa shape index (κ2) is 6.16. The maximum absolute atomic E-state index is 6.07. The Labute approximate surface area is 131 Å². The third-order valence-electron chi connectivity index (χ3n) is 2.85. The molecule has 0 aliphatic carbocycles. The number of aromatic nitrogens is 2. The highest BCUT2D eigenvalue weighted by Gasteiger charge is 2.09. The predicted octanol–water partition coefficient (Wildman–Crippen LogP) is 4.66. The molecule has 6 heteroatoms. The number of rotatable bonds is 4. The van der Waals surface area contributed by atoms with Crippen LogP contribution in [0.1, 0.15) is 5.89 Å². The molecule has 1 aromatic heterocycles. The average Bonchev–Trinajstić information content (AvgIpc) is 2.95. The van der Waals surface area contributed by atoms with Gasteiger partial charge in [0.1, 0.15) is 0 Å². The molecule has 0 aliphatic rings. The predicted molar refractivity (Wildman–Crippen MR) is 83.5 cm³/mol. The van der Waals surface area contributed by atoms with Crippen molar-refractivity contribution in [3.63, 3.8) is 0 Å². The highest BCUT2D eigenvalue weighted by atomic mass is 35.5. The topological polar surface area (TPSA) is 51.0 Å². The molecule has 106 valence electrons. The number of halogens is 2. The number of hydrogen-bond donors (Lipinski definition) is 1.